The average molecular weight is 443 g/mol. The van der Waals surface area contributed by atoms with Crippen LogP contribution in [0.4, 0.5) is 14.5 Å². The predicted octanol–water partition coefficient (Wildman–Crippen LogP) is 6.03. The van der Waals surface area contributed by atoms with Crippen LogP contribution in [0.25, 0.3) is 17.4 Å². The molecule has 0 spiro atoms. The van der Waals surface area contributed by atoms with Gasteiger partial charge >= 0.3 is 0 Å². The summed E-state index contributed by atoms with van der Waals surface area (Å²) in [4.78, 5) is 14.7. The molecule has 4 rings (SSSR count). The van der Waals surface area contributed by atoms with Gasteiger partial charge in [0.25, 0.3) is 5.91 Å². The van der Waals surface area contributed by atoms with Gasteiger partial charge in [-0.1, -0.05) is 24.0 Å². The number of halogens is 2. The number of benzene rings is 2. The van der Waals surface area contributed by atoms with Crippen molar-refractivity contribution in [3.05, 3.63) is 76.9 Å². The van der Waals surface area contributed by atoms with Gasteiger partial charge in [0, 0.05) is 12.1 Å². The molecule has 1 aliphatic rings. The summed E-state index contributed by atoms with van der Waals surface area (Å²) < 4.78 is 38.5. The van der Waals surface area contributed by atoms with Gasteiger partial charge in [0.05, 0.1) is 22.8 Å². The number of thioether (sulfide) groups is 1. The van der Waals surface area contributed by atoms with E-state index in [4.69, 9.17) is 21.4 Å². The molecule has 1 saturated heterocycles. The van der Waals surface area contributed by atoms with Crippen LogP contribution in [0.15, 0.2) is 63.9 Å². The van der Waals surface area contributed by atoms with E-state index in [1.807, 2.05) is 6.92 Å². The molecule has 8 heteroatoms. The van der Waals surface area contributed by atoms with Crippen LogP contribution in [-0.4, -0.2) is 16.8 Å². The molecule has 0 N–H and O–H groups in total. The Morgan fingerprint density at radius 1 is 1.13 bits per heavy atom. The Kier molecular flexibility index (Phi) is 5.69. The van der Waals surface area contributed by atoms with Gasteiger partial charge in [-0.3, -0.25) is 9.69 Å². The second-order valence-corrected chi connectivity index (χ2v) is 7.95. The van der Waals surface area contributed by atoms with Crippen LogP contribution in [0.2, 0.25) is 0 Å². The van der Waals surface area contributed by atoms with Gasteiger partial charge in [-0.2, -0.15) is 0 Å². The summed E-state index contributed by atoms with van der Waals surface area (Å²) in [5, 5.41) is 0. The smallest absolute Gasteiger partial charge is 0.270 e. The largest absolute Gasteiger partial charge is 0.494 e. The number of anilines is 1. The number of amides is 1. The molecule has 1 fully saturated rings. The minimum atomic E-state index is -0.724. The highest BCUT2D eigenvalue weighted by atomic mass is 32.2. The van der Waals surface area contributed by atoms with Crippen molar-refractivity contribution in [3.63, 3.8) is 0 Å². The maximum atomic E-state index is 14.0. The first-order chi connectivity index (χ1) is 14.5. The monoisotopic (exact) mass is 443 g/mol. The lowest BCUT2D eigenvalue weighted by atomic mass is 10.1. The van der Waals surface area contributed by atoms with Gasteiger partial charge in [-0.25, -0.2) is 8.78 Å². The molecule has 152 valence electrons. The van der Waals surface area contributed by atoms with Crippen LogP contribution in [0.3, 0.4) is 0 Å². The van der Waals surface area contributed by atoms with Crippen molar-refractivity contribution in [2.24, 2.45) is 0 Å². The molecule has 2 heterocycles. The molecule has 0 radical (unpaired) electrons. The maximum Gasteiger partial charge on any atom is 0.270 e. The van der Waals surface area contributed by atoms with Gasteiger partial charge in [0.2, 0.25) is 0 Å². The number of rotatable bonds is 5. The van der Waals surface area contributed by atoms with Crippen molar-refractivity contribution in [2.75, 3.05) is 11.5 Å². The maximum absolute atomic E-state index is 14.0. The number of carbonyl (C=O) groups excluding carboxylic acids is 1. The Morgan fingerprint density at radius 3 is 2.60 bits per heavy atom. The molecule has 30 heavy (non-hydrogen) atoms. The fraction of sp³-hybridized carbons (Fsp3) is 0.0909. The molecule has 0 saturated carbocycles. The predicted molar refractivity (Wildman–Crippen MR) is 117 cm³/mol. The van der Waals surface area contributed by atoms with Crippen LogP contribution >= 0.6 is 24.0 Å². The lowest BCUT2D eigenvalue weighted by Gasteiger charge is -2.15. The highest BCUT2D eigenvalue weighted by Crippen LogP contribution is 2.37. The summed E-state index contributed by atoms with van der Waals surface area (Å²) in [6.45, 7) is 2.45. The fourth-order valence-corrected chi connectivity index (χ4v) is 4.22. The fourth-order valence-electron chi connectivity index (χ4n) is 2.94. The van der Waals surface area contributed by atoms with Gasteiger partial charge < -0.3 is 9.15 Å². The Morgan fingerprint density at radius 2 is 1.90 bits per heavy atom. The summed E-state index contributed by atoms with van der Waals surface area (Å²) in [6.07, 6.45) is 1.55. The molecule has 4 nitrogen and oxygen atoms in total. The average Bonchev–Trinajstić information content (AvgIpc) is 3.27. The third-order valence-corrected chi connectivity index (χ3v) is 5.60. The standard InChI is InChI=1S/C22H15F2NO3S2/c1-2-27-15-6-4-14(5-7-15)25-21(26)20(30-22(25)29)12-16-8-10-19(28-16)17-9-3-13(23)11-18(17)24/h3-12H,2H2,1H3/b20-12+. The van der Waals surface area contributed by atoms with Crippen molar-refractivity contribution < 1.29 is 22.7 Å². The summed E-state index contributed by atoms with van der Waals surface area (Å²) in [5.74, 6) is -0.362. The van der Waals surface area contributed by atoms with Gasteiger partial charge in [-0.15, -0.1) is 0 Å². The van der Waals surface area contributed by atoms with E-state index >= 15 is 0 Å². The zero-order valence-corrected chi connectivity index (χ0v) is 17.4. The highest BCUT2D eigenvalue weighted by Gasteiger charge is 2.33. The summed E-state index contributed by atoms with van der Waals surface area (Å²) >= 11 is 6.52. The van der Waals surface area contributed by atoms with Crippen molar-refractivity contribution in [1.29, 1.82) is 0 Å². The third kappa shape index (κ3) is 4.01. The van der Waals surface area contributed by atoms with Crippen LogP contribution in [0, 0.1) is 11.6 Å². The molecular formula is C22H15F2NO3S2. The Bertz CT molecular complexity index is 1160. The molecule has 0 bridgehead atoms. The number of carbonyl (C=O) groups is 1. The normalized spacial score (nSPS) is 15.3. The zero-order chi connectivity index (χ0) is 21.3. The number of thiocarbonyl (C=S) groups is 1. The number of ether oxygens (including phenoxy) is 1. The second-order valence-electron chi connectivity index (χ2n) is 6.27. The summed E-state index contributed by atoms with van der Waals surface area (Å²) in [7, 11) is 0. The minimum absolute atomic E-state index is 0.137. The van der Waals surface area contributed by atoms with Crippen LogP contribution in [0.5, 0.6) is 5.75 Å². The number of hydrogen-bond acceptors (Lipinski definition) is 5. The van der Waals surface area contributed by atoms with E-state index in [1.54, 1.807) is 42.5 Å². The number of furan rings is 1. The van der Waals surface area contributed by atoms with Gasteiger partial charge in [0.15, 0.2) is 4.32 Å². The van der Waals surface area contributed by atoms with Crippen molar-refractivity contribution in [2.45, 2.75) is 6.92 Å². The summed E-state index contributed by atoms with van der Waals surface area (Å²) in [6, 6.07) is 13.5. The van der Waals surface area contributed by atoms with E-state index in [-0.39, 0.29) is 17.2 Å². The molecule has 3 aromatic rings. The van der Waals surface area contributed by atoms with E-state index in [2.05, 4.69) is 0 Å². The van der Waals surface area contributed by atoms with Gasteiger partial charge in [-0.05, 0) is 55.5 Å². The molecule has 0 atom stereocenters. The molecule has 0 aliphatic carbocycles. The van der Waals surface area contributed by atoms with E-state index < -0.39 is 11.6 Å². The summed E-state index contributed by atoms with van der Waals surface area (Å²) in [5.41, 5.74) is 0.774. The minimum Gasteiger partial charge on any atom is -0.494 e. The lowest BCUT2D eigenvalue weighted by Crippen LogP contribution is -2.27. The topological polar surface area (TPSA) is 42.7 Å². The SMILES string of the molecule is CCOc1ccc(N2C(=O)/C(=C\c3ccc(-c4ccc(F)cc4F)o3)SC2=S)cc1. The molecule has 1 amide bonds. The highest BCUT2D eigenvalue weighted by molar-refractivity contribution is 8.27. The van der Waals surface area contributed by atoms with Crippen molar-refractivity contribution >= 4 is 46.0 Å². The Labute approximate surface area is 181 Å². The number of nitrogens with zero attached hydrogens (tertiary/aromatic N) is 1. The van der Waals surface area contributed by atoms with Crippen LogP contribution in [-0.2, 0) is 4.79 Å². The molecular weight excluding hydrogens is 428 g/mol. The first-order valence-electron chi connectivity index (χ1n) is 9.02. The second kappa shape index (κ2) is 8.41. The molecule has 1 aromatic heterocycles. The van der Waals surface area contributed by atoms with E-state index in [9.17, 15) is 13.6 Å². The Balaban J connectivity index is 1.57. The zero-order valence-electron chi connectivity index (χ0n) is 15.7. The first kappa shape index (κ1) is 20.3. The molecule has 2 aromatic carbocycles. The molecule has 1 aliphatic heterocycles. The van der Waals surface area contributed by atoms with Crippen molar-refractivity contribution in [3.8, 4) is 17.1 Å². The van der Waals surface area contributed by atoms with E-state index in [1.165, 1.54) is 11.0 Å². The third-order valence-electron chi connectivity index (χ3n) is 4.30. The lowest BCUT2D eigenvalue weighted by molar-refractivity contribution is -0.113. The first-order valence-corrected chi connectivity index (χ1v) is 10.2. The van der Waals surface area contributed by atoms with Crippen molar-refractivity contribution in [1.82, 2.24) is 0 Å². The Hall–Kier alpha value is -2.97. The van der Waals surface area contributed by atoms with E-state index in [0.29, 0.717) is 33.0 Å². The molecule has 0 unspecified atom stereocenters. The van der Waals surface area contributed by atoms with E-state index in [0.717, 1.165) is 23.9 Å². The quantitative estimate of drug-likeness (QED) is 0.356. The van der Waals surface area contributed by atoms with Crippen LogP contribution < -0.4 is 9.64 Å². The van der Waals surface area contributed by atoms with Crippen LogP contribution in [0.1, 0.15) is 12.7 Å². The number of hydrogen-bond donors (Lipinski definition) is 0. The van der Waals surface area contributed by atoms with Gasteiger partial charge in [0.1, 0.15) is 28.9 Å².